The van der Waals surface area contributed by atoms with Gasteiger partial charge in [-0.15, -0.1) is 0 Å². The number of aromatic amines is 1. The van der Waals surface area contributed by atoms with Gasteiger partial charge < -0.3 is 19.2 Å². The van der Waals surface area contributed by atoms with E-state index in [1.165, 1.54) is 0 Å². The Kier molecular flexibility index (Phi) is 4.90. The zero-order valence-electron chi connectivity index (χ0n) is 16.1. The number of pyridine rings is 1. The minimum Gasteiger partial charge on any atom is -0.450 e. The van der Waals surface area contributed by atoms with E-state index >= 15 is 0 Å². The van der Waals surface area contributed by atoms with Gasteiger partial charge in [0.2, 0.25) is 0 Å². The van der Waals surface area contributed by atoms with Crippen LogP contribution < -0.4 is 5.56 Å². The second kappa shape index (κ2) is 7.50. The number of hydrogen-bond donors (Lipinski definition) is 1. The lowest BCUT2D eigenvalue weighted by atomic mass is 10.0. The number of aryl methyl sites for hydroxylation is 1. The maximum atomic E-state index is 12.8. The Morgan fingerprint density at radius 1 is 1.32 bits per heavy atom. The zero-order valence-corrected chi connectivity index (χ0v) is 16.1. The van der Waals surface area contributed by atoms with Crippen molar-refractivity contribution in [1.29, 1.82) is 0 Å². The van der Waals surface area contributed by atoms with Crippen LogP contribution >= 0.6 is 0 Å². The predicted octanol–water partition coefficient (Wildman–Crippen LogP) is 3.49. The van der Waals surface area contributed by atoms with Crippen LogP contribution in [-0.2, 0) is 4.74 Å². The number of amides is 1. The summed E-state index contributed by atoms with van der Waals surface area (Å²) in [6.07, 6.45) is 4.99. The minimum absolute atomic E-state index is 0.141. The molecule has 0 radical (unpaired) electrons. The topological polar surface area (TPSA) is 80.2 Å². The number of nitrogens with one attached hydrogen (secondary N) is 1. The Labute approximate surface area is 163 Å². The van der Waals surface area contributed by atoms with Gasteiger partial charge in [-0.25, -0.2) is 9.78 Å². The summed E-state index contributed by atoms with van der Waals surface area (Å²) in [4.78, 5) is 33.9. The number of aromatic nitrogens is 3. The summed E-state index contributed by atoms with van der Waals surface area (Å²) in [6.45, 7) is 5.44. The highest BCUT2D eigenvalue weighted by Gasteiger charge is 2.26. The van der Waals surface area contributed by atoms with Crippen LogP contribution in [0, 0.1) is 6.92 Å². The highest BCUT2D eigenvalue weighted by atomic mass is 16.6. The number of fused-ring (bicyclic) bond motifs is 1. The van der Waals surface area contributed by atoms with E-state index in [-0.39, 0.29) is 17.7 Å². The molecule has 7 heteroatoms. The highest BCUT2D eigenvalue weighted by Crippen LogP contribution is 2.28. The number of piperidine rings is 1. The molecule has 146 valence electrons. The molecule has 0 spiro atoms. The number of imidazole rings is 1. The highest BCUT2D eigenvalue weighted by molar-refractivity contribution is 5.84. The third-order valence-electron chi connectivity index (χ3n) is 5.38. The fourth-order valence-corrected chi connectivity index (χ4v) is 3.91. The molecule has 2 aromatic heterocycles. The minimum atomic E-state index is -0.256. The van der Waals surface area contributed by atoms with Gasteiger partial charge in [-0.3, -0.25) is 4.79 Å². The van der Waals surface area contributed by atoms with Gasteiger partial charge in [0.05, 0.1) is 17.7 Å². The maximum absolute atomic E-state index is 12.8. The molecule has 7 nitrogen and oxygen atoms in total. The average Bonchev–Trinajstić information content (AvgIpc) is 3.18. The lowest BCUT2D eigenvalue weighted by molar-refractivity contribution is 0.0928. The number of nitrogens with zero attached hydrogens (tertiary/aromatic N) is 3. The molecule has 0 bridgehead atoms. The molecule has 3 aromatic rings. The van der Waals surface area contributed by atoms with Crippen LogP contribution in [0.25, 0.3) is 22.3 Å². The number of benzene rings is 1. The van der Waals surface area contributed by atoms with Crippen LogP contribution in [0.15, 0.2) is 41.5 Å². The number of rotatable bonds is 3. The van der Waals surface area contributed by atoms with Gasteiger partial charge in [0.25, 0.3) is 5.56 Å². The number of para-hydroxylation sites is 1. The van der Waals surface area contributed by atoms with Gasteiger partial charge in [-0.2, -0.15) is 0 Å². The second-order valence-corrected chi connectivity index (χ2v) is 7.13. The SMILES string of the molecule is CCOC(=O)N1CCC(n2ccnc2-c2cc3cccc(C)c3[nH]c2=O)CC1. The van der Waals surface area contributed by atoms with Crippen LogP contribution in [0.1, 0.15) is 31.4 Å². The summed E-state index contributed by atoms with van der Waals surface area (Å²) in [7, 11) is 0. The number of carbonyl (C=O) groups is 1. The summed E-state index contributed by atoms with van der Waals surface area (Å²) in [5.41, 5.74) is 2.32. The molecule has 1 saturated heterocycles. The Bertz CT molecular complexity index is 1060. The second-order valence-electron chi connectivity index (χ2n) is 7.13. The zero-order chi connectivity index (χ0) is 19.7. The van der Waals surface area contributed by atoms with Crippen molar-refractivity contribution in [2.75, 3.05) is 19.7 Å². The van der Waals surface area contributed by atoms with Crippen molar-refractivity contribution < 1.29 is 9.53 Å². The molecule has 1 aliphatic rings. The summed E-state index contributed by atoms with van der Waals surface area (Å²) < 4.78 is 7.15. The first-order chi connectivity index (χ1) is 13.6. The van der Waals surface area contributed by atoms with Gasteiger partial charge in [-0.05, 0) is 43.7 Å². The molecule has 28 heavy (non-hydrogen) atoms. The molecule has 1 fully saturated rings. The molecule has 0 saturated carbocycles. The number of likely N-dealkylation sites (tertiary alicyclic amines) is 1. The van der Waals surface area contributed by atoms with E-state index in [2.05, 4.69) is 14.5 Å². The molecule has 3 heterocycles. The van der Waals surface area contributed by atoms with Crippen molar-refractivity contribution in [3.8, 4) is 11.4 Å². The summed E-state index contributed by atoms with van der Waals surface area (Å²) in [6, 6.07) is 8.06. The van der Waals surface area contributed by atoms with Gasteiger partial charge in [0.1, 0.15) is 5.82 Å². The molecule has 1 N–H and O–H groups in total. The fourth-order valence-electron chi connectivity index (χ4n) is 3.91. The molecule has 0 atom stereocenters. The van der Waals surface area contributed by atoms with Crippen molar-refractivity contribution in [3.05, 3.63) is 52.6 Å². The standard InChI is InChI=1S/C21H24N4O3/c1-3-28-21(27)24-10-7-16(8-11-24)25-12-9-22-19(25)17-13-15-6-4-5-14(2)18(15)23-20(17)26/h4-6,9,12-13,16H,3,7-8,10-11H2,1-2H3,(H,23,26). The van der Waals surface area contributed by atoms with Crippen LogP contribution in [0.2, 0.25) is 0 Å². The molecule has 1 aromatic carbocycles. The maximum Gasteiger partial charge on any atom is 0.409 e. The Balaban J connectivity index is 1.62. The van der Waals surface area contributed by atoms with Crippen molar-refractivity contribution in [3.63, 3.8) is 0 Å². The molecular weight excluding hydrogens is 356 g/mol. The smallest absolute Gasteiger partial charge is 0.409 e. The quantitative estimate of drug-likeness (QED) is 0.754. The molecule has 0 unspecified atom stereocenters. The van der Waals surface area contributed by atoms with Crippen LogP contribution in [0.3, 0.4) is 0 Å². The molecular formula is C21H24N4O3. The van der Waals surface area contributed by atoms with Crippen molar-refractivity contribution in [1.82, 2.24) is 19.4 Å². The van der Waals surface area contributed by atoms with E-state index in [0.29, 0.717) is 31.1 Å². The van der Waals surface area contributed by atoms with Crippen molar-refractivity contribution in [2.45, 2.75) is 32.7 Å². The van der Waals surface area contributed by atoms with Crippen LogP contribution in [0.5, 0.6) is 0 Å². The van der Waals surface area contributed by atoms with Gasteiger partial charge in [-0.1, -0.05) is 18.2 Å². The van der Waals surface area contributed by atoms with Crippen LogP contribution in [-0.4, -0.2) is 45.2 Å². The summed E-state index contributed by atoms with van der Waals surface area (Å²) in [5, 5.41) is 0.987. The molecule has 1 amide bonds. The molecule has 0 aliphatic carbocycles. The number of ether oxygens (including phenoxy) is 1. The summed E-state index contributed by atoms with van der Waals surface area (Å²) >= 11 is 0. The van der Waals surface area contributed by atoms with Crippen LogP contribution in [0.4, 0.5) is 4.79 Å². The lowest BCUT2D eigenvalue weighted by Gasteiger charge is -2.32. The molecule has 4 rings (SSSR count). The van der Waals surface area contributed by atoms with E-state index in [1.54, 1.807) is 11.1 Å². The van der Waals surface area contributed by atoms with E-state index in [4.69, 9.17) is 4.74 Å². The van der Waals surface area contributed by atoms with Crippen molar-refractivity contribution in [2.24, 2.45) is 0 Å². The first-order valence-electron chi connectivity index (χ1n) is 9.66. The predicted molar refractivity (Wildman–Crippen MR) is 107 cm³/mol. The van der Waals surface area contributed by atoms with E-state index in [9.17, 15) is 9.59 Å². The lowest BCUT2D eigenvalue weighted by Crippen LogP contribution is -2.39. The van der Waals surface area contributed by atoms with Gasteiger partial charge in [0.15, 0.2) is 0 Å². The van der Waals surface area contributed by atoms with Crippen molar-refractivity contribution >= 4 is 17.0 Å². The normalized spacial score (nSPS) is 15.1. The number of H-pyrrole nitrogens is 1. The fraction of sp³-hybridized carbons (Fsp3) is 0.381. The van der Waals surface area contributed by atoms with E-state index in [1.807, 2.05) is 44.3 Å². The average molecular weight is 380 g/mol. The van der Waals surface area contributed by atoms with Gasteiger partial charge >= 0.3 is 6.09 Å². The third kappa shape index (κ3) is 3.28. The first-order valence-corrected chi connectivity index (χ1v) is 9.66. The Hall–Kier alpha value is -3.09. The van der Waals surface area contributed by atoms with Gasteiger partial charge in [0, 0.05) is 31.5 Å². The monoisotopic (exact) mass is 380 g/mol. The Morgan fingerprint density at radius 2 is 2.11 bits per heavy atom. The molecule has 1 aliphatic heterocycles. The number of carbonyl (C=O) groups excluding carboxylic acids is 1. The third-order valence-corrected chi connectivity index (χ3v) is 5.38. The largest absolute Gasteiger partial charge is 0.450 e. The first kappa shape index (κ1) is 18.3. The van der Waals surface area contributed by atoms with E-state index < -0.39 is 0 Å². The number of hydrogen-bond acceptors (Lipinski definition) is 4. The Morgan fingerprint density at radius 3 is 2.86 bits per heavy atom. The summed E-state index contributed by atoms with van der Waals surface area (Å²) in [5.74, 6) is 0.666. The van der Waals surface area contributed by atoms with E-state index in [0.717, 1.165) is 29.3 Å².